The van der Waals surface area contributed by atoms with E-state index < -0.39 is 0 Å². The Hall–Kier alpha value is -1.90. The second-order valence-electron chi connectivity index (χ2n) is 5.30. The molecule has 21 heavy (non-hydrogen) atoms. The Morgan fingerprint density at radius 1 is 0.857 bits per heavy atom. The van der Waals surface area contributed by atoms with Gasteiger partial charge < -0.3 is 4.74 Å². The lowest BCUT2D eigenvalue weighted by Crippen LogP contribution is -2.50. The van der Waals surface area contributed by atoms with Crippen LogP contribution in [-0.4, -0.2) is 31.2 Å². The summed E-state index contributed by atoms with van der Waals surface area (Å²) in [6, 6.07) is 21.2. The fraction of sp³-hybridized carbons (Fsp3) is 0.263. The Labute approximate surface area is 126 Å². The Balaban J connectivity index is 2.15. The molecule has 0 bridgehead atoms. The highest BCUT2D eigenvalue weighted by Gasteiger charge is 2.38. The van der Waals surface area contributed by atoms with E-state index in [4.69, 9.17) is 4.74 Å². The molecule has 2 heteroatoms. The van der Waals surface area contributed by atoms with E-state index >= 15 is 0 Å². The summed E-state index contributed by atoms with van der Waals surface area (Å²) in [5, 5.41) is 0. The van der Waals surface area contributed by atoms with E-state index in [1.807, 2.05) is 0 Å². The molecular weight excluding hydrogens is 258 g/mol. The zero-order valence-corrected chi connectivity index (χ0v) is 12.2. The van der Waals surface area contributed by atoms with Crippen molar-refractivity contribution in [3.05, 3.63) is 84.4 Å². The van der Waals surface area contributed by atoms with Crippen molar-refractivity contribution >= 4 is 0 Å². The number of nitrogens with zero attached hydrogens (tertiary/aromatic N) is 1. The third kappa shape index (κ3) is 2.53. The molecule has 0 unspecified atom stereocenters. The van der Waals surface area contributed by atoms with Gasteiger partial charge >= 0.3 is 0 Å². The van der Waals surface area contributed by atoms with E-state index in [0.717, 1.165) is 26.3 Å². The minimum atomic E-state index is -0.285. The van der Waals surface area contributed by atoms with Gasteiger partial charge in [-0.15, -0.1) is 6.58 Å². The summed E-state index contributed by atoms with van der Waals surface area (Å²) in [4.78, 5) is 2.47. The Kier molecular flexibility index (Phi) is 4.18. The maximum absolute atomic E-state index is 5.54. The summed E-state index contributed by atoms with van der Waals surface area (Å²) in [6.45, 7) is 7.55. The quantitative estimate of drug-likeness (QED) is 0.795. The molecule has 1 aliphatic rings. The maximum atomic E-state index is 5.54. The molecule has 1 aliphatic heterocycles. The lowest BCUT2D eigenvalue weighted by molar-refractivity contribution is 0.00452. The van der Waals surface area contributed by atoms with Gasteiger partial charge in [0.1, 0.15) is 0 Å². The summed E-state index contributed by atoms with van der Waals surface area (Å²) < 4.78 is 5.54. The Morgan fingerprint density at radius 3 is 1.76 bits per heavy atom. The third-order valence-corrected chi connectivity index (χ3v) is 4.23. The number of morpholine rings is 1. The van der Waals surface area contributed by atoms with Crippen LogP contribution in [0, 0.1) is 0 Å². The summed E-state index contributed by atoms with van der Waals surface area (Å²) >= 11 is 0. The average Bonchev–Trinajstić information content (AvgIpc) is 2.59. The number of benzene rings is 2. The van der Waals surface area contributed by atoms with E-state index in [-0.39, 0.29) is 5.54 Å². The SMILES string of the molecule is C=CC(c1ccccc1)(c1ccccc1)N1CCOCC1. The van der Waals surface area contributed by atoms with Crippen LogP contribution in [0.1, 0.15) is 11.1 Å². The number of hydrogen-bond acceptors (Lipinski definition) is 2. The fourth-order valence-corrected chi connectivity index (χ4v) is 3.20. The van der Waals surface area contributed by atoms with Crippen molar-refractivity contribution < 1.29 is 4.74 Å². The standard InChI is InChI=1S/C19H21NO/c1-2-19(17-9-5-3-6-10-17,18-11-7-4-8-12-18)20-13-15-21-16-14-20/h2-12H,1,13-16H2. The smallest absolute Gasteiger partial charge is 0.0901 e. The molecule has 0 spiro atoms. The fourth-order valence-electron chi connectivity index (χ4n) is 3.20. The first-order valence-electron chi connectivity index (χ1n) is 7.45. The molecule has 108 valence electrons. The molecule has 2 aromatic rings. The second kappa shape index (κ2) is 6.25. The molecule has 0 atom stereocenters. The number of rotatable bonds is 4. The van der Waals surface area contributed by atoms with E-state index in [0.29, 0.717) is 0 Å². The van der Waals surface area contributed by atoms with Crippen LogP contribution >= 0.6 is 0 Å². The van der Waals surface area contributed by atoms with Crippen molar-refractivity contribution in [3.8, 4) is 0 Å². The van der Waals surface area contributed by atoms with Crippen molar-refractivity contribution in [2.75, 3.05) is 26.3 Å². The van der Waals surface area contributed by atoms with E-state index in [9.17, 15) is 0 Å². The van der Waals surface area contributed by atoms with Gasteiger partial charge in [0.2, 0.25) is 0 Å². The van der Waals surface area contributed by atoms with Crippen LogP contribution < -0.4 is 0 Å². The van der Waals surface area contributed by atoms with Crippen LogP contribution in [-0.2, 0) is 10.3 Å². The van der Waals surface area contributed by atoms with Crippen LogP contribution in [0.25, 0.3) is 0 Å². The third-order valence-electron chi connectivity index (χ3n) is 4.23. The van der Waals surface area contributed by atoms with Gasteiger partial charge in [-0.3, -0.25) is 4.90 Å². The Bertz CT molecular complexity index is 534. The van der Waals surface area contributed by atoms with E-state index in [1.54, 1.807) is 0 Å². The van der Waals surface area contributed by atoms with Gasteiger partial charge in [0, 0.05) is 13.1 Å². The molecule has 1 fully saturated rings. The summed E-state index contributed by atoms with van der Waals surface area (Å²) in [5.41, 5.74) is 2.23. The minimum absolute atomic E-state index is 0.285. The lowest BCUT2D eigenvalue weighted by atomic mass is 9.81. The molecule has 0 aromatic heterocycles. The topological polar surface area (TPSA) is 12.5 Å². The molecule has 2 nitrogen and oxygen atoms in total. The monoisotopic (exact) mass is 279 g/mol. The van der Waals surface area contributed by atoms with Gasteiger partial charge in [0.05, 0.1) is 18.8 Å². The molecule has 0 radical (unpaired) electrons. The number of ether oxygens (including phenoxy) is 1. The van der Waals surface area contributed by atoms with Crippen molar-refractivity contribution in [3.63, 3.8) is 0 Å². The normalized spacial score (nSPS) is 16.6. The van der Waals surface area contributed by atoms with Gasteiger partial charge in [-0.05, 0) is 11.1 Å². The van der Waals surface area contributed by atoms with Crippen molar-refractivity contribution in [1.29, 1.82) is 0 Å². The second-order valence-corrected chi connectivity index (χ2v) is 5.30. The zero-order chi connectivity index (χ0) is 14.5. The van der Waals surface area contributed by atoms with E-state index in [2.05, 4.69) is 78.2 Å². The van der Waals surface area contributed by atoms with Crippen molar-refractivity contribution in [2.24, 2.45) is 0 Å². The van der Waals surface area contributed by atoms with Gasteiger partial charge in [0.25, 0.3) is 0 Å². The molecule has 1 heterocycles. The molecule has 0 amide bonds. The van der Waals surface area contributed by atoms with Gasteiger partial charge in [-0.1, -0.05) is 66.7 Å². The van der Waals surface area contributed by atoms with Crippen LogP contribution in [0.5, 0.6) is 0 Å². The lowest BCUT2D eigenvalue weighted by Gasteiger charge is -2.44. The molecule has 3 rings (SSSR count). The first-order valence-corrected chi connectivity index (χ1v) is 7.45. The molecule has 1 saturated heterocycles. The van der Waals surface area contributed by atoms with Gasteiger partial charge in [-0.2, -0.15) is 0 Å². The molecule has 0 N–H and O–H groups in total. The summed E-state index contributed by atoms with van der Waals surface area (Å²) in [5.74, 6) is 0. The van der Waals surface area contributed by atoms with Crippen LogP contribution in [0.4, 0.5) is 0 Å². The summed E-state index contributed by atoms with van der Waals surface area (Å²) in [7, 11) is 0. The molecular formula is C19H21NO. The molecule has 0 aliphatic carbocycles. The highest BCUT2D eigenvalue weighted by atomic mass is 16.5. The predicted molar refractivity (Wildman–Crippen MR) is 86.3 cm³/mol. The first-order chi connectivity index (χ1) is 10.4. The highest BCUT2D eigenvalue weighted by Crippen LogP contribution is 2.37. The number of hydrogen-bond donors (Lipinski definition) is 0. The van der Waals surface area contributed by atoms with Crippen LogP contribution in [0.15, 0.2) is 73.3 Å². The van der Waals surface area contributed by atoms with Crippen LogP contribution in [0.3, 0.4) is 0 Å². The minimum Gasteiger partial charge on any atom is -0.379 e. The largest absolute Gasteiger partial charge is 0.379 e. The van der Waals surface area contributed by atoms with Crippen molar-refractivity contribution in [2.45, 2.75) is 5.54 Å². The molecule has 0 saturated carbocycles. The predicted octanol–water partition coefficient (Wildman–Crippen LogP) is 3.45. The summed E-state index contributed by atoms with van der Waals surface area (Å²) in [6.07, 6.45) is 2.07. The highest BCUT2D eigenvalue weighted by molar-refractivity contribution is 5.43. The van der Waals surface area contributed by atoms with E-state index in [1.165, 1.54) is 11.1 Å². The van der Waals surface area contributed by atoms with Crippen molar-refractivity contribution in [1.82, 2.24) is 4.90 Å². The van der Waals surface area contributed by atoms with Crippen LogP contribution in [0.2, 0.25) is 0 Å². The Morgan fingerprint density at radius 2 is 1.33 bits per heavy atom. The zero-order valence-electron chi connectivity index (χ0n) is 12.2. The average molecular weight is 279 g/mol. The van der Waals surface area contributed by atoms with Gasteiger partial charge in [0.15, 0.2) is 0 Å². The maximum Gasteiger partial charge on any atom is 0.0901 e. The molecule has 2 aromatic carbocycles. The van der Waals surface area contributed by atoms with Gasteiger partial charge in [-0.25, -0.2) is 0 Å². The first kappa shape index (κ1) is 14.1.